The molecule has 7 nitrogen and oxygen atoms in total. The Bertz CT molecular complexity index is 1400. The van der Waals surface area contributed by atoms with Gasteiger partial charge in [0.2, 0.25) is 0 Å². The molecule has 3 aromatic rings. The van der Waals surface area contributed by atoms with Gasteiger partial charge in [-0.2, -0.15) is 13.2 Å². The molecule has 1 aromatic heterocycles. The number of phenols is 1. The number of phenolic OH excluding ortho intramolecular Hbond substituents is 1. The van der Waals surface area contributed by atoms with Crippen molar-refractivity contribution < 1.29 is 23.1 Å². The third-order valence-corrected chi connectivity index (χ3v) is 8.06. The summed E-state index contributed by atoms with van der Waals surface area (Å²) in [6.45, 7) is 10.8. The zero-order chi connectivity index (χ0) is 28.1. The number of alkyl halides is 3. The standard InChI is InChI=1S/C28H32F3N5O2S/c1-16(2)13-35-12-11-19-22(14-35)39-26(33-19)34-25(38)32-18-7-5-6-8-20(18)36-15-27(3,4)23-17(28(29,30)31)9-10-21(37)24(23)36/h5-10,16,37H,11-15H2,1-4H3,(H2,32,33,34,38). The second-order valence-corrected chi connectivity index (χ2v) is 12.3. The molecule has 2 aliphatic rings. The van der Waals surface area contributed by atoms with E-state index in [1.807, 2.05) is 0 Å². The van der Waals surface area contributed by atoms with Gasteiger partial charge in [0.1, 0.15) is 5.75 Å². The number of urea groups is 1. The van der Waals surface area contributed by atoms with Crippen LogP contribution in [-0.4, -0.2) is 40.7 Å². The van der Waals surface area contributed by atoms with Crippen LogP contribution in [0, 0.1) is 5.92 Å². The number of aromatic hydroxyl groups is 1. The maximum atomic E-state index is 13.9. The molecule has 3 heterocycles. The molecule has 0 saturated carbocycles. The fraction of sp³-hybridized carbons (Fsp3) is 0.429. The van der Waals surface area contributed by atoms with E-state index in [-0.39, 0.29) is 23.5 Å². The van der Waals surface area contributed by atoms with Gasteiger partial charge in [0, 0.05) is 42.9 Å². The molecule has 0 radical (unpaired) electrons. The molecule has 0 fully saturated rings. The van der Waals surface area contributed by atoms with Crippen LogP contribution in [0.25, 0.3) is 0 Å². The average molecular weight is 560 g/mol. The Kier molecular flexibility index (Phi) is 7.00. The third kappa shape index (κ3) is 5.42. The lowest BCUT2D eigenvalue weighted by atomic mass is 9.83. The third-order valence-electron chi connectivity index (χ3n) is 7.06. The minimum atomic E-state index is -4.57. The van der Waals surface area contributed by atoms with Crippen LogP contribution in [0.5, 0.6) is 5.75 Å². The van der Waals surface area contributed by atoms with Crippen molar-refractivity contribution in [2.75, 3.05) is 35.2 Å². The minimum Gasteiger partial charge on any atom is -0.506 e. The molecule has 0 atom stereocenters. The highest BCUT2D eigenvalue weighted by Crippen LogP contribution is 2.54. The SMILES string of the molecule is CC(C)CN1CCc2nc(NC(=O)Nc3ccccc3N3CC(C)(C)c4c(C(F)(F)F)ccc(O)c43)sc2C1. The van der Waals surface area contributed by atoms with Crippen molar-refractivity contribution >= 4 is 39.6 Å². The Balaban J connectivity index is 1.39. The number of carbonyl (C=O) groups excluding carboxylic acids is 1. The Hall–Kier alpha value is -3.31. The molecule has 0 spiro atoms. The van der Waals surface area contributed by atoms with E-state index >= 15 is 0 Å². The zero-order valence-corrected chi connectivity index (χ0v) is 23.1. The number of rotatable bonds is 5. The maximum absolute atomic E-state index is 13.9. The molecule has 2 aliphatic heterocycles. The van der Waals surface area contributed by atoms with E-state index < -0.39 is 23.2 Å². The molecular weight excluding hydrogens is 527 g/mol. The van der Waals surface area contributed by atoms with Crippen LogP contribution in [0.4, 0.5) is 40.2 Å². The number of nitrogens with zero attached hydrogens (tertiary/aromatic N) is 3. The number of hydrogen-bond acceptors (Lipinski definition) is 6. The van der Waals surface area contributed by atoms with Crippen molar-refractivity contribution in [3.63, 3.8) is 0 Å². The summed E-state index contributed by atoms with van der Waals surface area (Å²) in [5, 5.41) is 16.8. The second-order valence-electron chi connectivity index (χ2n) is 11.2. The van der Waals surface area contributed by atoms with Crippen molar-refractivity contribution in [3.05, 3.63) is 58.1 Å². The summed E-state index contributed by atoms with van der Waals surface area (Å²) in [5.74, 6) is 0.320. The lowest BCUT2D eigenvalue weighted by molar-refractivity contribution is -0.138. The van der Waals surface area contributed by atoms with Gasteiger partial charge in [-0.1, -0.05) is 39.8 Å². The number of amides is 2. The number of thiazole rings is 1. The Morgan fingerprint density at radius 2 is 1.92 bits per heavy atom. The summed E-state index contributed by atoms with van der Waals surface area (Å²) < 4.78 is 41.7. The first-order valence-corrected chi connectivity index (χ1v) is 13.7. The van der Waals surface area contributed by atoms with E-state index in [9.17, 15) is 23.1 Å². The fourth-order valence-corrected chi connectivity index (χ4v) is 6.62. The lowest BCUT2D eigenvalue weighted by Crippen LogP contribution is -2.32. The number of hydrogen-bond donors (Lipinski definition) is 3. The van der Waals surface area contributed by atoms with Crippen molar-refractivity contribution in [3.8, 4) is 5.75 Å². The van der Waals surface area contributed by atoms with Gasteiger partial charge in [0.05, 0.1) is 28.3 Å². The highest BCUT2D eigenvalue weighted by molar-refractivity contribution is 7.15. The molecule has 0 bridgehead atoms. The van der Waals surface area contributed by atoms with Crippen molar-refractivity contribution in [1.29, 1.82) is 0 Å². The molecule has 3 N–H and O–H groups in total. The van der Waals surface area contributed by atoms with Crippen LogP contribution in [0.15, 0.2) is 36.4 Å². The van der Waals surface area contributed by atoms with Gasteiger partial charge in [-0.3, -0.25) is 10.2 Å². The molecule has 0 saturated heterocycles. The maximum Gasteiger partial charge on any atom is 0.416 e. The highest BCUT2D eigenvalue weighted by atomic mass is 32.1. The van der Waals surface area contributed by atoms with Gasteiger partial charge in [-0.25, -0.2) is 9.78 Å². The van der Waals surface area contributed by atoms with Crippen LogP contribution in [-0.2, 0) is 24.6 Å². The largest absolute Gasteiger partial charge is 0.506 e. The molecule has 208 valence electrons. The molecule has 2 amide bonds. The average Bonchev–Trinajstić information content (AvgIpc) is 3.35. The summed E-state index contributed by atoms with van der Waals surface area (Å²) in [5.41, 5.74) is 0.347. The van der Waals surface area contributed by atoms with E-state index in [1.165, 1.54) is 11.3 Å². The molecule has 0 unspecified atom stereocenters. The number of fused-ring (bicyclic) bond motifs is 2. The normalized spacial score (nSPS) is 16.8. The summed E-state index contributed by atoms with van der Waals surface area (Å²) in [4.78, 5) is 22.8. The van der Waals surface area contributed by atoms with E-state index in [2.05, 4.69) is 34.4 Å². The predicted molar refractivity (Wildman–Crippen MR) is 148 cm³/mol. The van der Waals surface area contributed by atoms with E-state index in [0.29, 0.717) is 22.4 Å². The fourth-order valence-electron chi connectivity index (χ4n) is 5.57. The van der Waals surface area contributed by atoms with Gasteiger partial charge < -0.3 is 15.3 Å². The predicted octanol–water partition coefficient (Wildman–Crippen LogP) is 6.95. The zero-order valence-electron chi connectivity index (χ0n) is 22.3. The topological polar surface area (TPSA) is 80.7 Å². The summed E-state index contributed by atoms with van der Waals surface area (Å²) in [6, 6.07) is 8.37. The number of para-hydroxylation sites is 2. The van der Waals surface area contributed by atoms with Crippen LogP contribution >= 0.6 is 11.3 Å². The Morgan fingerprint density at radius 1 is 1.18 bits per heavy atom. The first-order chi connectivity index (χ1) is 18.3. The number of aromatic nitrogens is 1. The minimum absolute atomic E-state index is 0.0362. The molecule has 11 heteroatoms. The Morgan fingerprint density at radius 3 is 2.64 bits per heavy atom. The van der Waals surface area contributed by atoms with Gasteiger partial charge in [-0.15, -0.1) is 11.3 Å². The smallest absolute Gasteiger partial charge is 0.416 e. The van der Waals surface area contributed by atoms with Gasteiger partial charge in [0.25, 0.3) is 0 Å². The van der Waals surface area contributed by atoms with Gasteiger partial charge in [-0.05, 0) is 35.7 Å². The lowest BCUT2D eigenvalue weighted by Gasteiger charge is -2.27. The number of benzene rings is 2. The number of halogens is 3. The second kappa shape index (κ2) is 10.0. The van der Waals surface area contributed by atoms with Crippen LogP contribution in [0.3, 0.4) is 0 Å². The van der Waals surface area contributed by atoms with E-state index in [1.54, 1.807) is 43.0 Å². The molecule has 5 rings (SSSR count). The van der Waals surface area contributed by atoms with Crippen molar-refractivity contribution in [1.82, 2.24) is 9.88 Å². The van der Waals surface area contributed by atoms with Crippen LogP contribution < -0.4 is 15.5 Å². The van der Waals surface area contributed by atoms with E-state index in [4.69, 9.17) is 0 Å². The molecule has 39 heavy (non-hydrogen) atoms. The summed E-state index contributed by atoms with van der Waals surface area (Å²) in [6.07, 6.45) is -3.74. The summed E-state index contributed by atoms with van der Waals surface area (Å²) >= 11 is 1.46. The number of carbonyl (C=O) groups is 1. The van der Waals surface area contributed by atoms with E-state index in [0.717, 1.165) is 48.8 Å². The van der Waals surface area contributed by atoms with Gasteiger partial charge >= 0.3 is 12.2 Å². The van der Waals surface area contributed by atoms with Gasteiger partial charge in [0.15, 0.2) is 5.13 Å². The number of nitrogens with one attached hydrogen (secondary N) is 2. The van der Waals surface area contributed by atoms with Crippen LogP contribution in [0.2, 0.25) is 0 Å². The first-order valence-electron chi connectivity index (χ1n) is 12.9. The Labute approximate surface area is 229 Å². The van der Waals surface area contributed by atoms with Crippen molar-refractivity contribution in [2.24, 2.45) is 5.92 Å². The molecule has 2 aromatic carbocycles. The molecular formula is C28H32F3N5O2S. The first kappa shape index (κ1) is 27.3. The molecule has 0 aliphatic carbocycles. The quantitative estimate of drug-likeness (QED) is 0.315. The number of anilines is 4. The summed E-state index contributed by atoms with van der Waals surface area (Å²) in [7, 11) is 0. The monoisotopic (exact) mass is 559 g/mol. The van der Waals surface area contributed by atoms with Crippen LogP contribution in [0.1, 0.15) is 49.4 Å². The van der Waals surface area contributed by atoms with Crippen molar-refractivity contribution in [2.45, 2.75) is 52.3 Å². The highest BCUT2D eigenvalue weighted by Gasteiger charge is 2.46.